The highest BCUT2D eigenvalue weighted by Gasteiger charge is 2.29. The Morgan fingerprint density at radius 3 is 2.15 bits per heavy atom. The molecule has 1 heterocycles. The van der Waals surface area contributed by atoms with Crippen molar-refractivity contribution in [2.24, 2.45) is 0 Å². The molecular formula is C20H33N3O4. The Kier molecular flexibility index (Phi) is 7.23. The topological polar surface area (TPSA) is 80.6 Å². The second kappa shape index (κ2) is 8.59. The lowest BCUT2D eigenvalue weighted by molar-refractivity contribution is 0.0587. The number of ether oxygens (including phenoxy) is 1. The molecule has 0 aromatic carbocycles. The van der Waals surface area contributed by atoms with E-state index in [0.717, 1.165) is 0 Å². The molecule has 0 aliphatic rings. The van der Waals surface area contributed by atoms with Crippen LogP contribution < -0.4 is 5.32 Å². The summed E-state index contributed by atoms with van der Waals surface area (Å²) in [6.45, 7) is 15.4. The first-order valence-corrected chi connectivity index (χ1v) is 9.25. The van der Waals surface area contributed by atoms with Gasteiger partial charge in [0.2, 0.25) is 0 Å². The van der Waals surface area contributed by atoms with E-state index in [1.807, 2.05) is 48.5 Å². The molecule has 0 aliphatic carbocycles. The smallest absolute Gasteiger partial charge is 0.354 e. The van der Waals surface area contributed by atoms with E-state index in [4.69, 9.17) is 4.74 Å². The number of rotatable bonds is 6. The van der Waals surface area contributed by atoms with Crippen molar-refractivity contribution < 1.29 is 19.1 Å². The number of carbonyl (C=O) groups is 3. The van der Waals surface area contributed by atoms with Crippen LogP contribution in [0.2, 0.25) is 0 Å². The Bertz CT molecular complexity index is 727. The van der Waals surface area contributed by atoms with Crippen LogP contribution in [0, 0.1) is 13.8 Å². The first-order chi connectivity index (χ1) is 12.4. The monoisotopic (exact) mass is 379 g/mol. The Morgan fingerprint density at radius 1 is 1.19 bits per heavy atom. The Labute approximate surface area is 162 Å². The summed E-state index contributed by atoms with van der Waals surface area (Å²) in [5, 5.41) is 2.90. The van der Waals surface area contributed by atoms with E-state index in [0.29, 0.717) is 29.1 Å². The molecule has 0 spiro atoms. The number of esters is 1. The van der Waals surface area contributed by atoms with E-state index < -0.39 is 11.5 Å². The lowest BCUT2D eigenvalue weighted by Crippen LogP contribution is -2.52. The number of methoxy groups -OCH3 is 1. The van der Waals surface area contributed by atoms with Crippen LogP contribution in [0.3, 0.4) is 0 Å². The highest BCUT2D eigenvalue weighted by atomic mass is 16.5. The number of hydrogen-bond donors (Lipinski definition) is 1. The maximum Gasteiger partial charge on any atom is 0.354 e. The summed E-state index contributed by atoms with van der Waals surface area (Å²) in [6.07, 6.45) is 0. The van der Waals surface area contributed by atoms with Crippen molar-refractivity contribution in [3.05, 3.63) is 22.5 Å². The zero-order valence-corrected chi connectivity index (χ0v) is 18.0. The molecule has 1 aromatic heterocycles. The fraction of sp³-hybridized carbons (Fsp3) is 0.650. The summed E-state index contributed by atoms with van der Waals surface area (Å²) in [4.78, 5) is 39.4. The average Bonchev–Trinajstić information content (AvgIpc) is 2.79. The molecule has 7 nitrogen and oxygen atoms in total. The van der Waals surface area contributed by atoms with Crippen molar-refractivity contribution in [2.45, 2.75) is 73.5 Å². The number of amides is 2. The number of urea groups is 1. The normalized spacial score (nSPS) is 11.5. The van der Waals surface area contributed by atoms with Crippen LogP contribution in [-0.4, -0.2) is 52.5 Å². The molecule has 27 heavy (non-hydrogen) atoms. The molecule has 0 unspecified atom stereocenters. The minimum atomic E-state index is -0.470. The van der Waals surface area contributed by atoms with Crippen LogP contribution in [0.5, 0.6) is 0 Å². The third-order valence-electron chi connectivity index (χ3n) is 4.42. The molecule has 0 saturated heterocycles. The lowest BCUT2D eigenvalue weighted by Gasteiger charge is -2.30. The van der Waals surface area contributed by atoms with Crippen molar-refractivity contribution in [1.82, 2.24) is 14.8 Å². The Morgan fingerprint density at radius 2 is 1.74 bits per heavy atom. The molecule has 0 atom stereocenters. The summed E-state index contributed by atoms with van der Waals surface area (Å²) in [5.41, 5.74) is 1.76. The van der Waals surface area contributed by atoms with Crippen molar-refractivity contribution in [3.63, 3.8) is 0 Å². The molecule has 0 radical (unpaired) electrons. The highest BCUT2D eigenvalue weighted by Crippen LogP contribution is 2.24. The second-order valence-corrected chi connectivity index (χ2v) is 7.99. The van der Waals surface area contributed by atoms with Gasteiger partial charge in [-0.15, -0.1) is 0 Å². The van der Waals surface area contributed by atoms with Crippen LogP contribution in [0.4, 0.5) is 4.79 Å². The second-order valence-electron chi connectivity index (χ2n) is 7.99. The third-order valence-corrected chi connectivity index (χ3v) is 4.42. The van der Waals surface area contributed by atoms with Crippen molar-refractivity contribution in [3.8, 4) is 0 Å². The average molecular weight is 380 g/mol. The molecule has 7 heteroatoms. The molecule has 0 aliphatic heterocycles. The molecule has 0 fully saturated rings. The number of ketones is 1. The van der Waals surface area contributed by atoms with Crippen LogP contribution >= 0.6 is 0 Å². The fourth-order valence-corrected chi connectivity index (χ4v) is 3.18. The van der Waals surface area contributed by atoms with Crippen molar-refractivity contribution >= 4 is 17.8 Å². The lowest BCUT2D eigenvalue weighted by atomic mass is 10.0. The number of hydrogen-bond acceptors (Lipinski definition) is 4. The van der Waals surface area contributed by atoms with Crippen LogP contribution in [0.15, 0.2) is 0 Å². The largest absolute Gasteiger partial charge is 0.464 e. The summed E-state index contributed by atoms with van der Waals surface area (Å²) >= 11 is 0. The first-order valence-electron chi connectivity index (χ1n) is 9.25. The van der Waals surface area contributed by atoms with Gasteiger partial charge in [-0.3, -0.25) is 4.79 Å². The first kappa shape index (κ1) is 22.7. The highest BCUT2D eigenvalue weighted by molar-refractivity contribution is 6.04. The maximum atomic E-state index is 13.1. The number of Topliss-reactive ketones (excluding diaryl/α,β-unsaturated/α-hetero) is 1. The molecule has 1 rings (SSSR count). The van der Waals surface area contributed by atoms with Gasteiger partial charge in [-0.1, -0.05) is 0 Å². The van der Waals surface area contributed by atoms with E-state index >= 15 is 0 Å². The number of carbonyl (C=O) groups excluding carboxylic acids is 3. The van der Waals surface area contributed by atoms with E-state index in [1.165, 1.54) is 12.0 Å². The Balaban J connectivity index is 3.26. The number of nitrogens with zero attached hydrogens (tertiary/aromatic N) is 2. The minimum Gasteiger partial charge on any atom is -0.464 e. The van der Waals surface area contributed by atoms with Gasteiger partial charge in [0.15, 0.2) is 5.78 Å². The van der Waals surface area contributed by atoms with E-state index in [1.54, 1.807) is 11.5 Å². The summed E-state index contributed by atoms with van der Waals surface area (Å²) in [5.74, 6) is -0.664. The van der Waals surface area contributed by atoms with Gasteiger partial charge < -0.3 is 19.5 Å². The number of nitrogens with one attached hydrogen (secondary N) is 1. The van der Waals surface area contributed by atoms with Gasteiger partial charge in [-0.05, 0) is 61.0 Å². The standard InChI is InChI=1S/C20H33N3O4/c1-10-22-14(5)16(13(4)17(22)18(25)27-9)15(24)11-23(12(2)3)19(26)21-20(6,7)8/h12H,10-11H2,1-9H3,(H,21,26). The molecular weight excluding hydrogens is 346 g/mol. The fourth-order valence-electron chi connectivity index (χ4n) is 3.18. The summed E-state index contributed by atoms with van der Waals surface area (Å²) in [6, 6.07) is -0.436. The van der Waals surface area contributed by atoms with E-state index in [9.17, 15) is 14.4 Å². The third kappa shape index (κ3) is 5.11. The van der Waals surface area contributed by atoms with Gasteiger partial charge in [-0.25, -0.2) is 9.59 Å². The predicted molar refractivity (Wildman–Crippen MR) is 105 cm³/mol. The zero-order chi connectivity index (χ0) is 21.1. The molecule has 2 amide bonds. The van der Waals surface area contributed by atoms with Crippen LogP contribution in [-0.2, 0) is 11.3 Å². The summed E-state index contributed by atoms with van der Waals surface area (Å²) < 4.78 is 6.66. The molecule has 1 aromatic rings. The molecule has 152 valence electrons. The van der Waals surface area contributed by atoms with Crippen molar-refractivity contribution in [2.75, 3.05) is 13.7 Å². The quantitative estimate of drug-likeness (QED) is 0.607. The van der Waals surface area contributed by atoms with Gasteiger partial charge >= 0.3 is 12.0 Å². The van der Waals surface area contributed by atoms with Gasteiger partial charge in [0.1, 0.15) is 5.69 Å². The van der Waals surface area contributed by atoms with Crippen LogP contribution in [0.1, 0.15) is 73.6 Å². The maximum absolute atomic E-state index is 13.1. The predicted octanol–water partition coefficient (Wildman–Crippen LogP) is 3.31. The van der Waals surface area contributed by atoms with Gasteiger partial charge in [0.05, 0.1) is 13.7 Å². The van der Waals surface area contributed by atoms with E-state index in [2.05, 4.69) is 5.32 Å². The summed E-state index contributed by atoms with van der Waals surface area (Å²) in [7, 11) is 1.32. The SMILES string of the molecule is CCn1c(C)c(C(=O)CN(C(=O)NC(C)(C)C)C(C)C)c(C)c1C(=O)OC. The minimum absolute atomic E-state index is 0.0599. The van der Waals surface area contributed by atoms with Gasteiger partial charge in [0, 0.05) is 29.4 Å². The Hall–Kier alpha value is -2.31. The van der Waals surface area contributed by atoms with E-state index in [-0.39, 0.29) is 24.4 Å². The van der Waals surface area contributed by atoms with Crippen molar-refractivity contribution in [1.29, 1.82) is 0 Å². The molecule has 0 saturated carbocycles. The zero-order valence-electron chi connectivity index (χ0n) is 18.0. The van der Waals surface area contributed by atoms with Gasteiger partial charge in [0.25, 0.3) is 0 Å². The van der Waals surface area contributed by atoms with Crippen LogP contribution in [0.25, 0.3) is 0 Å². The molecule has 1 N–H and O–H groups in total. The molecule has 0 bridgehead atoms. The number of aromatic nitrogens is 1. The van der Waals surface area contributed by atoms with Gasteiger partial charge in [-0.2, -0.15) is 0 Å².